The van der Waals surface area contributed by atoms with Gasteiger partial charge >= 0.3 is 0 Å². The van der Waals surface area contributed by atoms with E-state index in [9.17, 15) is 4.79 Å². The van der Waals surface area contributed by atoms with Crippen molar-refractivity contribution in [3.8, 4) is 0 Å². The molecule has 1 fully saturated rings. The first-order valence-corrected chi connectivity index (χ1v) is 10.1. The van der Waals surface area contributed by atoms with E-state index in [1.807, 2.05) is 55.5 Å². The summed E-state index contributed by atoms with van der Waals surface area (Å²) in [6.45, 7) is 5.74. The Morgan fingerprint density at radius 2 is 1.48 bits per heavy atom. The third-order valence-electron chi connectivity index (χ3n) is 5.38. The van der Waals surface area contributed by atoms with Gasteiger partial charge in [0.2, 0.25) is 0 Å². The fraction of sp³-hybridized carbons (Fsp3) is 0.250. The lowest BCUT2D eigenvalue weighted by Gasteiger charge is -2.36. The molecule has 0 aliphatic carbocycles. The molecule has 1 N–H and O–H groups in total. The molecule has 0 saturated carbocycles. The summed E-state index contributed by atoms with van der Waals surface area (Å²) >= 11 is 0. The van der Waals surface area contributed by atoms with Crippen molar-refractivity contribution >= 4 is 17.4 Å². The Balaban J connectivity index is 1.34. The Kier molecular flexibility index (Phi) is 5.75. The molecule has 1 amide bonds. The lowest BCUT2D eigenvalue weighted by atomic mass is 10.1. The molecular formula is C24H26N4O. The van der Waals surface area contributed by atoms with Gasteiger partial charge in [-0.05, 0) is 36.8 Å². The number of benzene rings is 2. The van der Waals surface area contributed by atoms with E-state index in [-0.39, 0.29) is 11.9 Å². The van der Waals surface area contributed by atoms with Gasteiger partial charge in [0.1, 0.15) is 5.82 Å². The first-order valence-electron chi connectivity index (χ1n) is 10.1. The van der Waals surface area contributed by atoms with Crippen LogP contribution in [0.4, 0.5) is 11.5 Å². The molecule has 1 aromatic heterocycles. The fourth-order valence-electron chi connectivity index (χ4n) is 3.65. The van der Waals surface area contributed by atoms with E-state index in [1.54, 1.807) is 6.20 Å². The summed E-state index contributed by atoms with van der Waals surface area (Å²) in [5.74, 6) is 0.819. The maximum absolute atomic E-state index is 12.5. The maximum Gasteiger partial charge on any atom is 0.253 e. The van der Waals surface area contributed by atoms with E-state index < -0.39 is 0 Å². The van der Waals surface area contributed by atoms with E-state index in [0.717, 1.165) is 37.6 Å². The number of para-hydroxylation sites is 1. The quantitative estimate of drug-likeness (QED) is 0.723. The van der Waals surface area contributed by atoms with Crippen molar-refractivity contribution in [3.05, 3.63) is 90.1 Å². The predicted molar refractivity (Wildman–Crippen MR) is 117 cm³/mol. The highest BCUT2D eigenvalue weighted by Crippen LogP contribution is 2.19. The fourth-order valence-corrected chi connectivity index (χ4v) is 3.65. The van der Waals surface area contributed by atoms with Crippen LogP contribution in [0.3, 0.4) is 0 Å². The number of amides is 1. The Morgan fingerprint density at radius 1 is 0.862 bits per heavy atom. The van der Waals surface area contributed by atoms with Crippen molar-refractivity contribution in [2.75, 3.05) is 36.0 Å². The molecule has 1 unspecified atom stereocenters. The number of anilines is 2. The summed E-state index contributed by atoms with van der Waals surface area (Å²) in [7, 11) is 0. The van der Waals surface area contributed by atoms with Crippen LogP contribution in [0.15, 0.2) is 79.0 Å². The van der Waals surface area contributed by atoms with Gasteiger partial charge in [-0.25, -0.2) is 4.98 Å². The van der Waals surface area contributed by atoms with Gasteiger partial charge in [0.05, 0.1) is 11.6 Å². The van der Waals surface area contributed by atoms with Crippen LogP contribution in [0, 0.1) is 0 Å². The van der Waals surface area contributed by atoms with E-state index in [1.165, 1.54) is 5.69 Å². The predicted octanol–water partition coefficient (Wildman–Crippen LogP) is 3.90. The highest BCUT2D eigenvalue weighted by atomic mass is 16.1. The molecule has 0 bridgehead atoms. The molecule has 1 saturated heterocycles. The smallest absolute Gasteiger partial charge is 0.253 e. The third-order valence-corrected chi connectivity index (χ3v) is 5.38. The third kappa shape index (κ3) is 4.57. The highest BCUT2D eigenvalue weighted by Gasteiger charge is 2.19. The SMILES string of the molecule is CC(NC(=O)c1ccc(N2CCN(c3ccccc3)CC2)nc1)c1ccccc1. The van der Waals surface area contributed by atoms with Crippen LogP contribution in [0.5, 0.6) is 0 Å². The Labute approximate surface area is 172 Å². The molecule has 5 nitrogen and oxygen atoms in total. The molecule has 0 spiro atoms. The van der Waals surface area contributed by atoms with E-state index >= 15 is 0 Å². The summed E-state index contributed by atoms with van der Waals surface area (Å²) in [6, 6.07) is 24.2. The van der Waals surface area contributed by atoms with Gasteiger partial charge < -0.3 is 15.1 Å². The number of aromatic nitrogens is 1. The van der Waals surface area contributed by atoms with Gasteiger partial charge in [0, 0.05) is 38.1 Å². The summed E-state index contributed by atoms with van der Waals surface area (Å²) < 4.78 is 0. The topological polar surface area (TPSA) is 48.5 Å². The first kappa shape index (κ1) is 19.0. The second-order valence-corrected chi connectivity index (χ2v) is 7.32. The molecule has 2 aromatic carbocycles. The molecule has 4 rings (SSSR count). The number of piperazine rings is 1. The van der Waals surface area contributed by atoms with Gasteiger partial charge in [-0.15, -0.1) is 0 Å². The average Bonchev–Trinajstić information content (AvgIpc) is 2.80. The zero-order valence-electron chi connectivity index (χ0n) is 16.7. The number of hydrogen-bond acceptors (Lipinski definition) is 4. The summed E-state index contributed by atoms with van der Waals surface area (Å²) in [5, 5.41) is 3.04. The zero-order valence-corrected chi connectivity index (χ0v) is 16.7. The number of nitrogens with one attached hydrogen (secondary N) is 1. The number of hydrogen-bond donors (Lipinski definition) is 1. The molecular weight excluding hydrogens is 360 g/mol. The lowest BCUT2D eigenvalue weighted by molar-refractivity contribution is 0.0939. The van der Waals surface area contributed by atoms with E-state index in [0.29, 0.717) is 5.56 Å². The second kappa shape index (κ2) is 8.78. The van der Waals surface area contributed by atoms with Crippen molar-refractivity contribution in [1.82, 2.24) is 10.3 Å². The van der Waals surface area contributed by atoms with Crippen LogP contribution in [0.2, 0.25) is 0 Å². The average molecular weight is 386 g/mol. The zero-order chi connectivity index (χ0) is 20.1. The van der Waals surface area contributed by atoms with Crippen LogP contribution in [0.1, 0.15) is 28.9 Å². The molecule has 0 radical (unpaired) electrons. The highest BCUT2D eigenvalue weighted by molar-refractivity contribution is 5.94. The Morgan fingerprint density at radius 3 is 2.10 bits per heavy atom. The number of carbonyl (C=O) groups excluding carboxylic acids is 1. The van der Waals surface area contributed by atoms with Gasteiger partial charge in [-0.3, -0.25) is 4.79 Å². The number of nitrogens with zero attached hydrogens (tertiary/aromatic N) is 3. The van der Waals surface area contributed by atoms with Gasteiger partial charge in [0.25, 0.3) is 5.91 Å². The molecule has 148 valence electrons. The summed E-state index contributed by atoms with van der Waals surface area (Å²) in [6.07, 6.45) is 1.67. The van der Waals surface area contributed by atoms with Crippen molar-refractivity contribution in [2.24, 2.45) is 0 Å². The van der Waals surface area contributed by atoms with Gasteiger partial charge in [-0.1, -0.05) is 48.5 Å². The first-order chi connectivity index (χ1) is 14.2. The summed E-state index contributed by atoms with van der Waals surface area (Å²) in [5.41, 5.74) is 2.93. The Bertz CT molecular complexity index is 920. The Hall–Kier alpha value is -3.34. The van der Waals surface area contributed by atoms with Crippen LogP contribution in [0.25, 0.3) is 0 Å². The molecule has 1 aliphatic rings. The molecule has 3 aromatic rings. The molecule has 2 heterocycles. The lowest BCUT2D eigenvalue weighted by Crippen LogP contribution is -2.46. The largest absolute Gasteiger partial charge is 0.368 e. The molecule has 5 heteroatoms. The van der Waals surface area contributed by atoms with Gasteiger partial charge in [0.15, 0.2) is 0 Å². The molecule has 1 aliphatic heterocycles. The minimum Gasteiger partial charge on any atom is -0.368 e. The van der Waals surface area contributed by atoms with Crippen molar-refractivity contribution in [3.63, 3.8) is 0 Å². The second-order valence-electron chi connectivity index (χ2n) is 7.32. The standard InChI is InChI=1S/C24H26N4O/c1-19(20-8-4-2-5-9-20)26-24(29)21-12-13-23(25-18-21)28-16-14-27(15-17-28)22-10-6-3-7-11-22/h2-13,18-19H,14-17H2,1H3,(H,26,29). The molecule has 1 atom stereocenters. The van der Waals surface area contributed by atoms with Gasteiger partial charge in [-0.2, -0.15) is 0 Å². The van der Waals surface area contributed by atoms with E-state index in [2.05, 4.69) is 44.4 Å². The van der Waals surface area contributed by atoms with Crippen LogP contribution in [-0.2, 0) is 0 Å². The maximum atomic E-state index is 12.5. The van der Waals surface area contributed by atoms with Crippen LogP contribution >= 0.6 is 0 Å². The minimum atomic E-state index is -0.103. The minimum absolute atomic E-state index is 0.0468. The normalized spacial score (nSPS) is 15.1. The van der Waals surface area contributed by atoms with Crippen LogP contribution < -0.4 is 15.1 Å². The van der Waals surface area contributed by atoms with Crippen molar-refractivity contribution < 1.29 is 4.79 Å². The number of carbonyl (C=O) groups is 1. The number of pyridine rings is 1. The molecule has 29 heavy (non-hydrogen) atoms. The van der Waals surface area contributed by atoms with E-state index in [4.69, 9.17) is 0 Å². The number of rotatable bonds is 5. The van der Waals surface area contributed by atoms with Crippen molar-refractivity contribution in [1.29, 1.82) is 0 Å². The van der Waals surface area contributed by atoms with Crippen molar-refractivity contribution in [2.45, 2.75) is 13.0 Å². The van der Waals surface area contributed by atoms with Crippen LogP contribution in [-0.4, -0.2) is 37.1 Å². The monoisotopic (exact) mass is 386 g/mol. The summed E-state index contributed by atoms with van der Waals surface area (Å²) in [4.78, 5) is 21.8.